The molecule has 0 fully saturated rings. The van der Waals surface area contributed by atoms with Crippen LogP contribution in [0.3, 0.4) is 0 Å². The first-order valence-corrected chi connectivity index (χ1v) is 7.85. The minimum atomic E-state index is -0.174. The lowest BCUT2D eigenvalue weighted by atomic mass is 10.1. The number of likely N-dealkylation sites (N-methyl/N-ethyl adjacent to an activating group) is 1. The molecule has 4 nitrogen and oxygen atoms in total. The minimum Gasteiger partial charge on any atom is -0.352 e. The van der Waals surface area contributed by atoms with Crippen LogP contribution in [-0.4, -0.2) is 25.4 Å². The molecule has 118 valence electrons. The van der Waals surface area contributed by atoms with E-state index < -0.39 is 0 Å². The standard InChI is InChI=1S/C18H17ClN2O2/c1-21-16-7-6-12(10-13(16)11-17(21)22)8-9-20-18(23)14-4-2-3-5-15(14)19/h2-7,10H,8-9,11H2,1H3,(H,20,23). The third-order valence-corrected chi connectivity index (χ3v) is 4.37. The monoisotopic (exact) mass is 328 g/mol. The molecule has 0 saturated heterocycles. The number of amides is 2. The molecule has 5 heteroatoms. The second kappa shape index (κ2) is 6.42. The van der Waals surface area contributed by atoms with Crippen LogP contribution in [0, 0.1) is 0 Å². The van der Waals surface area contributed by atoms with Crippen LogP contribution in [0.15, 0.2) is 42.5 Å². The highest BCUT2D eigenvalue weighted by Crippen LogP contribution is 2.28. The number of rotatable bonds is 4. The molecule has 1 aliphatic rings. The molecule has 1 N–H and O–H groups in total. The maximum absolute atomic E-state index is 12.1. The number of halogens is 1. The molecule has 0 unspecified atom stereocenters. The molecule has 0 atom stereocenters. The van der Waals surface area contributed by atoms with Gasteiger partial charge in [-0.3, -0.25) is 9.59 Å². The molecule has 0 saturated carbocycles. The zero-order chi connectivity index (χ0) is 16.4. The predicted molar refractivity (Wildman–Crippen MR) is 91.0 cm³/mol. The summed E-state index contributed by atoms with van der Waals surface area (Å²) in [5.74, 6) is -0.0594. The van der Waals surface area contributed by atoms with E-state index in [0.29, 0.717) is 30.0 Å². The summed E-state index contributed by atoms with van der Waals surface area (Å²) in [6.07, 6.45) is 1.16. The van der Waals surface area contributed by atoms with Crippen LogP contribution in [0.2, 0.25) is 5.02 Å². The second-order valence-electron chi connectivity index (χ2n) is 5.58. The van der Waals surface area contributed by atoms with Crippen molar-refractivity contribution in [2.45, 2.75) is 12.8 Å². The molecular weight excluding hydrogens is 312 g/mol. The number of hydrogen-bond donors (Lipinski definition) is 1. The highest BCUT2D eigenvalue weighted by Gasteiger charge is 2.23. The van der Waals surface area contributed by atoms with Crippen LogP contribution < -0.4 is 10.2 Å². The summed E-state index contributed by atoms with van der Waals surface area (Å²) in [5, 5.41) is 3.32. The summed E-state index contributed by atoms with van der Waals surface area (Å²) in [4.78, 5) is 25.5. The Balaban J connectivity index is 1.60. The Bertz CT molecular complexity index is 773. The van der Waals surface area contributed by atoms with E-state index in [9.17, 15) is 9.59 Å². The topological polar surface area (TPSA) is 49.4 Å². The zero-order valence-corrected chi connectivity index (χ0v) is 13.6. The van der Waals surface area contributed by atoms with Gasteiger partial charge in [0.1, 0.15) is 0 Å². The fraction of sp³-hybridized carbons (Fsp3) is 0.222. The average molecular weight is 329 g/mol. The Hall–Kier alpha value is -2.33. The van der Waals surface area contributed by atoms with Crippen molar-refractivity contribution < 1.29 is 9.59 Å². The Morgan fingerprint density at radius 1 is 1.26 bits per heavy atom. The third kappa shape index (κ3) is 3.22. The first-order chi connectivity index (χ1) is 11.1. The van der Waals surface area contributed by atoms with Crippen LogP contribution in [-0.2, 0) is 17.6 Å². The minimum absolute atomic E-state index is 0.115. The number of carbonyl (C=O) groups excluding carboxylic acids is 2. The molecule has 0 radical (unpaired) electrons. The van der Waals surface area contributed by atoms with Crippen molar-refractivity contribution in [3.05, 3.63) is 64.2 Å². The maximum Gasteiger partial charge on any atom is 0.252 e. The van der Waals surface area contributed by atoms with Gasteiger partial charge in [0.05, 0.1) is 17.0 Å². The lowest BCUT2D eigenvalue weighted by Gasteiger charge is -2.11. The number of carbonyl (C=O) groups is 2. The first kappa shape index (κ1) is 15.6. The Morgan fingerprint density at radius 2 is 2.04 bits per heavy atom. The molecule has 0 aromatic heterocycles. The Kier molecular flexibility index (Phi) is 4.35. The summed E-state index contributed by atoms with van der Waals surface area (Å²) in [5.41, 5.74) is 3.60. The van der Waals surface area contributed by atoms with Gasteiger partial charge in [-0.25, -0.2) is 0 Å². The fourth-order valence-corrected chi connectivity index (χ4v) is 2.96. The molecule has 1 heterocycles. The molecule has 3 rings (SSSR count). The normalized spacial score (nSPS) is 13.1. The number of fused-ring (bicyclic) bond motifs is 1. The predicted octanol–water partition coefficient (Wildman–Crippen LogP) is 2.83. The van der Waals surface area contributed by atoms with Gasteiger partial charge in [-0.05, 0) is 35.7 Å². The molecule has 1 aliphatic heterocycles. The van der Waals surface area contributed by atoms with Crippen molar-refractivity contribution in [3.63, 3.8) is 0 Å². The molecular formula is C18H17ClN2O2. The Morgan fingerprint density at radius 3 is 2.83 bits per heavy atom. The SMILES string of the molecule is CN1C(=O)Cc2cc(CCNC(=O)c3ccccc3Cl)ccc21. The number of nitrogens with zero attached hydrogens (tertiary/aromatic N) is 1. The molecule has 23 heavy (non-hydrogen) atoms. The van der Waals surface area contributed by atoms with Crippen molar-refractivity contribution in [2.24, 2.45) is 0 Å². The smallest absolute Gasteiger partial charge is 0.252 e. The third-order valence-electron chi connectivity index (χ3n) is 4.04. The maximum atomic E-state index is 12.1. The average Bonchev–Trinajstić information content (AvgIpc) is 2.82. The number of anilines is 1. The van der Waals surface area contributed by atoms with Gasteiger partial charge in [-0.2, -0.15) is 0 Å². The molecule has 0 bridgehead atoms. The van der Waals surface area contributed by atoms with Crippen LogP contribution >= 0.6 is 11.6 Å². The summed E-state index contributed by atoms with van der Waals surface area (Å²) in [6, 6.07) is 13.0. The lowest BCUT2D eigenvalue weighted by molar-refractivity contribution is -0.117. The van der Waals surface area contributed by atoms with Crippen molar-refractivity contribution >= 4 is 29.1 Å². The summed E-state index contributed by atoms with van der Waals surface area (Å²) in [7, 11) is 1.79. The molecule has 2 amide bonds. The summed E-state index contributed by atoms with van der Waals surface area (Å²) >= 11 is 6.01. The highest BCUT2D eigenvalue weighted by molar-refractivity contribution is 6.33. The van der Waals surface area contributed by atoms with E-state index >= 15 is 0 Å². The largest absolute Gasteiger partial charge is 0.352 e. The van der Waals surface area contributed by atoms with Crippen molar-refractivity contribution in [3.8, 4) is 0 Å². The number of nitrogens with one attached hydrogen (secondary N) is 1. The zero-order valence-electron chi connectivity index (χ0n) is 12.8. The van der Waals surface area contributed by atoms with Gasteiger partial charge in [0.25, 0.3) is 5.91 Å². The molecule has 2 aromatic rings. The van der Waals surface area contributed by atoms with E-state index in [4.69, 9.17) is 11.6 Å². The fourth-order valence-electron chi connectivity index (χ4n) is 2.74. The van der Waals surface area contributed by atoms with E-state index in [2.05, 4.69) is 5.32 Å². The van der Waals surface area contributed by atoms with Crippen LogP contribution in [0.4, 0.5) is 5.69 Å². The summed E-state index contributed by atoms with van der Waals surface area (Å²) < 4.78 is 0. The first-order valence-electron chi connectivity index (χ1n) is 7.47. The van der Waals surface area contributed by atoms with Crippen LogP contribution in [0.1, 0.15) is 21.5 Å². The van der Waals surface area contributed by atoms with Gasteiger partial charge >= 0.3 is 0 Å². The quantitative estimate of drug-likeness (QED) is 0.938. The second-order valence-corrected chi connectivity index (χ2v) is 5.99. The molecule has 0 spiro atoms. The molecule has 2 aromatic carbocycles. The van der Waals surface area contributed by atoms with Gasteiger partial charge in [0, 0.05) is 19.3 Å². The van der Waals surface area contributed by atoms with Crippen molar-refractivity contribution in [2.75, 3.05) is 18.5 Å². The van der Waals surface area contributed by atoms with Crippen molar-refractivity contribution in [1.82, 2.24) is 5.32 Å². The Labute approximate surface area is 140 Å². The lowest BCUT2D eigenvalue weighted by Crippen LogP contribution is -2.25. The van der Waals surface area contributed by atoms with Crippen molar-refractivity contribution in [1.29, 1.82) is 0 Å². The van der Waals surface area contributed by atoms with Crippen LogP contribution in [0.25, 0.3) is 0 Å². The van der Waals surface area contributed by atoms with Crippen LogP contribution in [0.5, 0.6) is 0 Å². The van der Waals surface area contributed by atoms with Gasteiger partial charge in [0.15, 0.2) is 0 Å². The molecule has 0 aliphatic carbocycles. The van der Waals surface area contributed by atoms with E-state index in [1.807, 2.05) is 18.2 Å². The van der Waals surface area contributed by atoms with Gasteiger partial charge in [0.2, 0.25) is 5.91 Å². The summed E-state index contributed by atoms with van der Waals surface area (Å²) in [6.45, 7) is 0.520. The van der Waals surface area contributed by atoms with E-state index in [1.165, 1.54) is 0 Å². The van der Waals surface area contributed by atoms with Gasteiger partial charge in [-0.15, -0.1) is 0 Å². The number of hydrogen-bond acceptors (Lipinski definition) is 2. The van der Waals surface area contributed by atoms with Gasteiger partial charge < -0.3 is 10.2 Å². The van der Waals surface area contributed by atoms with E-state index in [1.54, 1.807) is 36.2 Å². The van der Waals surface area contributed by atoms with E-state index in [-0.39, 0.29) is 11.8 Å². The van der Waals surface area contributed by atoms with E-state index in [0.717, 1.165) is 16.8 Å². The van der Waals surface area contributed by atoms with Gasteiger partial charge in [-0.1, -0.05) is 35.9 Å². The number of benzene rings is 2. The highest BCUT2D eigenvalue weighted by atomic mass is 35.5.